The van der Waals surface area contributed by atoms with Gasteiger partial charge in [0.25, 0.3) is 0 Å². The van der Waals surface area contributed by atoms with Crippen molar-refractivity contribution in [2.45, 2.75) is 12.8 Å². The van der Waals surface area contributed by atoms with Gasteiger partial charge in [0.15, 0.2) is 5.75 Å². The van der Waals surface area contributed by atoms with Crippen LogP contribution >= 0.6 is 27.5 Å². The minimum Gasteiger partial charge on any atom is -0.455 e. The summed E-state index contributed by atoms with van der Waals surface area (Å²) in [5, 5.41) is 1.06. The lowest BCUT2D eigenvalue weighted by Gasteiger charge is -2.12. The lowest BCUT2D eigenvalue weighted by atomic mass is 10.2. The predicted molar refractivity (Wildman–Crippen MR) is 90.3 cm³/mol. The van der Waals surface area contributed by atoms with Crippen LogP contribution in [0, 0.1) is 6.92 Å². The summed E-state index contributed by atoms with van der Waals surface area (Å²) in [6.07, 6.45) is 0. The zero-order chi connectivity index (χ0) is 14.8. The van der Waals surface area contributed by atoms with Crippen LogP contribution in [0.25, 0.3) is 10.9 Å². The van der Waals surface area contributed by atoms with Crippen molar-refractivity contribution in [1.82, 2.24) is 4.98 Å². The molecular formula is C17H13BrClNO. The molecular weight excluding hydrogens is 350 g/mol. The van der Waals surface area contributed by atoms with Crippen LogP contribution in [-0.4, -0.2) is 4.98 Å². The van der Waals surface area contributed by atoms with Gasteiger partial charge < -0.3 is 4.74 Å². The van der Waals surface area contributed by atoms with Gasteiger partial charge in [-0.1, -0.05) is 40.2 Å². The van der Waals surface area contributed by atoms with Crippen molar-refractivity contribution < 1.29 is 4.74 Å². The standard InChI is InChI=1S/C17H13BrClNO/c1-11-5-6-12-3-2-4-15(17(12)20-11)21-16-9-14(18)8-7-13(16)10-19/h2-9H,10H2,1H3. The summed E-state index contributed by atoms with van der Waals surface area (Å²) in [6.45, 7) is 1.97. The number of pyridine rings is 1. The maximum atomic E-state index is 6.07. The first-order chi connectivity index (χ1) is 10.2. The number of ether oxygens (including phenoxy) is 1. The number of rotatable bonds is 3. The molecule has 2 nitrogen and oxygen atoms in total. The minimum atomic E-state index is 0.403. The van der Waals surface area contributed by atoms with Gasteiger partial charge in [-0.3, -0.25) is 0 Å². The van der Waals surface area contributed by atoms with Crippen molar-refractivity contribution in [3.05, 3.63) is 64.3 Å². The smallest absolute Gasteiger partial charge is 0.153 e. The highest BCUT2D eigenvalue weighted by Crippen LogP contribution is 2.33. The van der Waals surface area contributed by atoms with Crippen molar-refractivity contribution in [1.29, 1.82) is 0 Å². The van der Waals surface area contributed by atoms with E-state index >= 15 is 0 Å². The fourth-order valence-electron chi connectivity index (χ4n) is 2.15. The molecule has 0 atom stereocenters. The van der Waals surface area contributed by atoms with Gasteiger partial charge in [-0.05, 0) is 31.2 Å². The second kappa shape index (κ2) is 6.04. The molecule has 3 rings (SSSR count). The van der Waals surface area contributed by atoms with Crippen molar-refractivity contribution in [3.63, 3.8) is 0 Å². The van der Waals surface area contributed by atoms with Crippen LogP contribution in [0.3, 0.4) is 0 Å². The first-order valence-electron chi connectivity index (χ1n) is 6.56. The Balaban J connectivity index is 2.10. The van der Waals surface area contributed by atoms with E-state index in [1.807, 2.05) is 55.5 Å². The Bertz CT molecular complexity index is 804. The van der Waals surface area contributed by atoms with Gasteiger partial charge in [0.2, 0.25) is 0 Å². The molecule has 0 amide bonds. The number of fused-ring (bicyclic) bond motifs is 1. The molecule has 4 heteroatoms. The fraction of sp³-hybridized carbons (Fsp3) is 0.118. The van der Waals surface area contributed by atoms with E-state index in [0.717, 1.165) is 38.1 Å². The summed E-state index contributed by atoms with van der Waals surface area (Å²) in [4.78, 5) is 4.58. The maximum absolute atomic E-state index is 6.07. The van der Waals surface area contributed by atoms with Gasteiger partial charge in [-0.2, -0.15) is 0 Å². The molecule has 0 unspecified atom stereocenters. The van der Waals surface area contributed by atoms with Crippen LogP contribution in [0.4, 0.5) is 0 Å². The number of hydrogen-bond acceptors (Lipinski definition) is 2. The van der Waals surface area contributed by atoms with Crippen molar-refractivity contribution in [3.8, 4) is 11.5 Å². The Morgan fingerprint density at radius 1 is 1.10 bits per heavy atom. The van der Waals surface area contributed by atoms with E-state index < -0.39 is 0 Å². The second-order valence-electron chi connectivity index (χ2n) is 4.77. The van der Waals surface area contributed by atoms with E-state index in [4.69, 9.17) is 16.3 Å². The molecule has 0 saturated heterocycles. The molecule has 0 fully saturated rings. The van der Waals surface area contributed by atoms with Gasteiger partial charge in [-0.15, -0.1) is 11.6 Å². The van der Waals surface area contributed by atoms with Crippen molar-refractivity contribution in [2.24, 2.45) is 0 Å². The molecule has 0 aliphatic heterocycles. The summed E-state index contributed by atoms with van der Waals surface area (Å²) in [7, 11) is 0. The van der Waals surface area contributed by atoms with E-state index in [0.29, 0.717) is 5.88 Å². The number of aryl methyl sites for hydroxylation is 1. The molecule has 0 saturated carbocycles. The van der Waals surface area contributed by atoms with Crippen LogP contribution in [0.1, 0.15) is 11.3 Å². The second-order valence-corrected chi connectivity index (χ2v) is 5.95. The summed E-state index contributed by atoms with van der Waals surface area (Å²) in [6, 6.07) is 15.8. The highest BCUT2D eigenvalue weighted by molar-refractivity contribution is 9.10. The van der Waals surface area contributed by atoms with Gasteiger partial charge in [-0.25, -0.2) is 4.98 Å². The van der Waals surface area contributed by atoms with Gasteiger partial charge in [0, 0.05) is 21.1 Å². The fourth-order valence-corrected chi connectivity index (χ4v) is 2.71. The van der Waals surface area contributed by atoms with Gasteiger partial charge in [0.1, 0.15) is 11.3 Å². The van der Waals surface area contributed by atoms with Gasteiger partial charge in [0.05, 0.1) is 5.88 Å². The molecule has 106 valence electrons. The van der Waals surface area contributed by atoms with E-state index in [9.17, 15) is 0 Å². The molecule has 0 radical (unpaired) electrons. The number of aromatic nitrogens is 1. The number of para-hydroxylation sites is 1. The normalized spacial score (nSPS) is 10.8. The number of hydrogen-bond donors (Lipinski definition) is 0. The third-order valence-electron chi connectivity index (χ3n) is 3.22. The first kappa shape index (κ1) is 14.4. The minimum absolute atomic E-state index is 0.403. The first-order valence-corrected chi connectivity index (χ1v) is 7.89. The third kappa shape index (κ3) is 3.04. The Kier molecular flexibility index (Phi) is 4.13. The zero-order valence-electron chi connectivity index (χ0n) is 11.4. The van der Waals surface area contributed by atoms with Crippen molar-refractivity contribution >= 4 is 38.4 Å². The van der Waals surface area contributed by atoms with E-state index in [-0.39, 0.29) is 0 Å². The lowest BCUT2D eigenvalue weighted by molar-refractivity contribution is 0.482. The molecule has 21 heavy (non-hydrogen) atoms. The Labute approximate surface area is 136 Å². The zero-order valence-corrected chi connectivity index (χ0v) is 13.8. The molecule has 0 spiro atoms. The Morgan fingerprint density at radius 2 is 1.95 bits per heavy atom. The van der Waals surface area contributed by atoms with Crippen LogP contribution in [0.5, 0.6) is 11.5 Å². The molecule has 3 aromatic rings. The van der Waals surface area contributed by atoms with Crippen molar-refractivity contribution in [2.75, 3.05) is 0 Å². The van der Waals surface area contributed by atoms with Crippen LogP contribution < -0.4 is 4.74 Å². The molecule has 0 N–H and O–H groups in total. The molecule has 0 aliphatic carbocycles. The van der Waals surface area contributed by atoms with Gasteiger partial charge >= 0.3 is 0 Å². The van der Waals surface area contributed by atoms with Crippen LogP contribution in [0.15, 0.2) is 53.0 Å². The number of benzene rings is 2. The predicted octanol–water partition coefficient (Wildman–Crippen LogP) is 5.84. The molecule has 1 heterocycles. The SMILES string of the molecule is Cc1ccc2cccc(Oc3cc(Br)ccc3CCl)c2n1. The summed E-state index contributed by atoms with van der Waals surface area (Å²) < 4.78 is 7.03. The van der Waals surface area contributed by atoms with E-state index in [1.54, 1.807) is 0 Å². The highest BCUT2D eigenvalue weighted by Gasteiger charge is 2.09. The van der Waals surface area contributed by atoms with Crippen LogP contribution in [-0.2, 0) is 5.88 Å². The summed E-state index contributed by atoms with van der Waals surface area (Å²) in [5.41, 5.74) is 2.77. The largest absolute Gasteiger partial charge is 0.455 e. The lowest BCUT2D eigenvalue weighted by Crippen LogP contribution is -1.92. The molecule has 2 aromatic carbocycles. The Hall–Kier alpha value is -1.58. The third-order valence-corrected chi connectivity index (χ3v) is 4.00. The molecule has 0 aliphatic rings. The summed E-state index contributed by atoms with van der Waals surface area (Å²) >= 11 is 9.44. The summed E-state index contributed by atoms with van der Waals surface area (Å²) in [5.74, 6) is 1.88. The number of nitrogens with zero attached hydrogens (tertiary/aromatic N) is 1. The average molecular weight is 363 g/mol. The topological polar surface area (TPSA) is 22.1 Å². The number of alkyl halides is 1. The van der Waals surface area contributed by atoms with Crippen LogP contribution in [0.2, 0.25) is 0 Å². The van der Waals surface area contributed by atoms with E-state index in [1.165, 1.54) is 0 Å². The maximum Gasteiger partial charge on any atom is 0.153 e. The molecule has 0 bridgehead atoms. The monoisotopic (exact) mass is 361 g/mol. The number of halogens is 2. The highest BCUT2D eigenvalue weighted by atomic mass is 79.9. The quantitative estimate of drug-likeness (QED) is 0.546. The Morgan fingerprint density at radius 3 is 2.76 bits per heavy atom. The average Bonchev–Trinajstić information content (AvgIpc) is 2.48. The molecule has 1 aromatic heterocycles. The van der Waals surface area contributed by atoms with E-state index in [2.05, 4.69) is 20.9 Å².